The van der Waals surface area contributed by atoms with Crippen LogP contribution in [0.4, 0.5) is 0 Å². The SMILES string of the molecule is CCC(C(=O)OC)[B-](Cl)(Cl)c1n(C)cc[n+]1C. The van der Waals surface area contributed by atoms with E-state index in [0.717, 1.165) is 0 Å². The van der Waals surface area contributed by atoms with Crippen molar-refractivity contribution in [1.29, 1.82) is 0 Å². The van der Waals surface area contributed by atoms with Gasteiger partial charge in [-0.25, -0.2) is 0 Å². The molecule has 0 fully saturated rings. The second-order valence-corrected chi connectivity index (χ2v) is 5.74. The van der Waals surface area contributed by atoms with Crippen LogP contribution in [0.2, 0.25) is 5.82 Å². The van der Waals surface area contributed by atoms with Gasteiger partial charge in [0.15, 0.2) is 0 Å². The summed E-state index contributed by atoms with van der Waals surface area (Å²) in [7, 11) is 5.04. The minimum atomic E-state index is -2.04. The van der Waals surface area contributed by atoms with Crippen LogP contribution in [-0.2, 0) is 23.6 Å². The van der Waals surface area contributed by atoms with E-state index in [1.807, 2.05) is 42.5 Å². The van der Waals surface area contributed by atoms with E-state index < -0.39 is 10.8 Å². The Kier molecular flexibility index (Phi) is 4.50. The van der Waals surface area contributed by atoms with E-state index in [1.165, 1.54) is 7.11 Å². The second-order valence-electron chi connectivity index (χ2n) is 4.14. The molecule has 0 aliphatic rings. The number of carbonyl (C=O) groups excluding carboxylic acids is 1. The number of carbonyl (C=O) groups is 1. The molecule has 4 nitrogen and oxygen atoms in total. The maximum absolute atomic E-state index is 11.7. The molecule has 0 aromatic carbocycles. The van der Waals surface area contributed by atoms with Crippen LogP contribution in [0.25, 0.3) is 0 Å². The smallest absolute Gasteiger partial charge is 0.292 e. The fourth-order valence-electron chi connectivity index (χ4n) is 2.11. The zero-order chi connectivity index (χ0) is 13.2. The summed E-state index contributed by atoms with van der Waals surface area (Å²) in [4.78, 5) is 9.67. The lowest BCUT2D eigenvalue weighted by atomic mass is 9.58. The molecular formula is C10H17BCl2N2O2. The maximum atomic E-state index is 11.7. The Morgan fingerprint density at radius 1 is 1.65 bits per heavy atom. The lowest BCUT2D eigenvalue weighted by Gasteiger charge is -2.31. The van der Waals surface area contributed by atoms with E-state index in [0.29, 0.717) is 12.1 Å². The van der Waals surface area contributed by atoms with Crippen molar-refractivity contribution in [1.82, 2.24) is 4.57 Å². The van der Waals surface area contributed by atoms with Gasteiger partial charge < -0.3 is 27.7 Å². The van der Waals surface area contributed by atoms with Crippen LogP contribution in [0, 0.1) is 0 Å². The van der Waals surface area contributed by atoms with Crippen molar-refractivity contribution in [3.8, 4) is 0 Å². The lowest BCUT2D eigenvalue weighted by molar-refractivity contribution is -0.653. The van der Waals surface area contributed by atoms with Crippen molar-refractivity contribution in [3.63, 3.8) is 0 Å². The predicted octanol–water partition coefficient (Wildman–Crippen LogP) is 0.930. The quantitative estimate of drug-likeness (QED) is 0.467. The first-order valence-corrected chi connectivity index (χ1v) is 6.34. The molecule has 96 valence electrons. The molecule has 1 aromatic heterocycles. The molecule has 0 amide bonds. The first-order chi connectivity index (χ1) is 7.86. The Balaban J connectivity index is 3.21. The van der Waals surface area contributed by atoms with E-state index in [-0.39, 0.29) is 5.97 Å². The average Bonchev–Trinajstić information content (AvgIpc) is 2.59. The van der Waals surface area contributed by atoms with Gasteiger partial charge in [0.25, 0.3) is 10.9 Å². The average molecular weight is 279 g/mol. The molecule has 1 rings (SSSR count). The summed E-state index contributed by atoms with van der Waals surface area (Å²) in [6.45, 7) is 1.87. The summed E-state index contributed by atoms with van der Waals surface area (Å²) in [5.41, 5.74) is 0.714. The molecule has 0 saturated carbocycles. The third-order valence-electron chi connectivity index (χ3n) is 3.03. The van der Waals surface area contributed by atoms with Gasteiger partial charge in [-0.1, -0.05) is 13.3 Å². The second kappa shape index (κ2) is 5.31. The predicted molar refractivity (Wildman–Crippen MR) is 69.7 cm³/mol. The summed E-state index contributed by atoms with van der Waals surface area (Å²) >= 11 is 12.9. The van der Waals surface area contributed by atoms with Crippen LogP contribution in [0.1, 0.15) is 13.3 Å². The number of methoxy groups -OCH3 is 1. The highest BCUT2D eigenvalue weighted by atomic mass is 35.5. The molecular weight excluding hydrogens is 262 g/mol. The van der Waals surface area contributed by atoms with Crippen molar-refractivity contribution >= 4 is 39.6 Å². The topological polar surface area (TPSA) is 35.1 Å². The van der Waals surface area contributed by atoms with Gasteiger partial charge in [-0.15, -0.1) is 0 Å². The highest BCUT2D eigenvalue weighted by Gasteiger charge is 2.42. The Morgan fingerprint density at radius 3 is 2.59 bits per heavy atom. The van der Waals surface area contributed by atoms with Crippen LogP contribution in [-0.4, -0.2) is 22.6 Å². The highest BCUT2D eigenvalue weighted by molar-refractivity contribution is 7.51. The third kappa shape index (κ3) is 2.60. The van der Waals surface area contributed by atoms with Crippen LogP contribution in [0.3, 0.4) is 0 Å². The van der Waals surface area contributed by atoms with E-state index in [1.54, 1.807) is 0 Å². The maximum Gasteiger partial charge on any atom is 0.292 e. The molecule has 17 heavy (non-hydrogen) atoms. The number of halogens is 2. The Hall–Kier alpha value is -0.675. The minimum Gasteiger partial charge on any atom is -0.471 e. The van der Waals surface area contributed by atoms with Gasteiger partial charge in [0, 0.05) is 0 Å². The number of imidazole rings is 1. The zero-order valence-corrected chi connectivity index (χ0v) is 12.0. The number of aryl methyl sites for hydroxylation is 2. The standard InChI is InChI=1S/C10H17BCl2N2O2/c1-5-8(9(16)17-4)11(12,13)10-14(2)6-7-15(10)3/h6-8H,5H2,1-4H3. The molecule has 0 N–H and O–H groups in total. The van der Waals surface area contributed by atoms with Gasteiger partial charge in [-0.3, -0.25) is 13.9 Å². The fourth-order valence-corrected chi connectivity index (χ4v) is 3.29. The van der Waals surface area contributed by atoms with Gasteiger partial charge in [-0.05, 0) is 5.82 Å². The highest BCUT2D eigenvalue weighted by Crippen LogP contribution is 2.32. The van der Waals surface area contributed by atoms with E-state index in [9.17, 15) is 4.79 Å². The van der Waals surface area contributed by atoms with Crippen LogP contribution >= 0.6 is 22.9 Å². The summed E-state index contributed by atoms with van der Waals surface area (Å²) < 4.78 is 8.41. The molecule has 0 aliphatic carbocycles. The van der Waals surface area contributed by atoms with Crippen LogP contribution < -0.4 is 10.3 Å². The molecule has 1 aromatic rings. The monoisotopic (exact) mass is 278 g/mol. The molecule has 0 spiro atoms. The molecule has 1 unspecified atom stereocenters. The van der Waals surface area contributed by atoms with Crippen molar-refractivity contribution in [2.45, 2.75) is 19.2 Å². The first-order valence-electron chi connectivity index (χ1n) is 5.47. The molecule has 1 heterocycles. The Bertz CT molecular complexity index is 401. The number of aromatic nitrogens is 2. The molecule has 1 atom stereocenters. The van der Waals surface area contributed by atoms with Crippen LogP contribution in [0.15, 0.2) is 12.4 Å². The zero-order valence-electron chi connectivity index (χ0n) is 10.5. The molecule has 0 saturated heterocycles. The molecule has 0 bridgehead atoms. The van der Waals surface area contributed by atoms with E-state index in [4.69, 9.17) is 27.7 Å². The van der Waals surface area contributed by atoms with Crippen molar-refractivity contribution < 1.29 is 14.1 Å². The minimum absolute atomic E-state index is 0.376. The summed E-state index contributed by atoms with van der Waals surface area (Å²) in [6, 6.07) is 0. The molecule has 0 aliphatic heterocycles. The number of esters is 1. The van der Waals surface area contributed by atoms with E-state index in [2.05, 4.69) is 0 Å². The summed E-state index contributed by atoms with van der Waals surface area (Å²) in [5, 5.41) is 0. The van der Waals surface area contributed by atoms with E-state index >= 15 is 0 Å². The van der Waals surface area contributed by atoms with Gasteiger partial charge in [0.2, 0.25) is 0 Å². The molecule has 7 heteroatoms. The molecule has 0 radical (unpaired) electrons. The first kappa shape index (κ1) is 14.4. The Labute approximate surface area is 111 Å². The number of rotatable bonds is 4. The van der Waals surface area contributed by atoms with Crippen molar-refractivity contribution in [3.05, 3.63) is 12.4 Å². The van der Waals surface area contributed by atoms with Gasteiger partial charge in [0.1, 0.15) is 18.1 Å². The van der Waals surface area contributed by atoms with Gasteiger partial charge in [0.05, 0.1) is 21.2 Å². The largest absolute Gasteiger partial charge is 0.471 e. The summed E-state index contributed by atoms with van der Waals surface area (Å²) in [5.74, 6) is -0.915. The Morgan fingerprint density at radius 2 is 2.24 bits per heavy atom. The van der Waals surface area contributed by atoms with Gasteiger partial charge >= 0.3 is 0 Å². The number of hydrogen-bond acceptors (Lipinski definition) is 2. The van der Waals surface area contributed by atoms with Crippen LogP contribution in [0.5, 0.6) is 0 Å². The van der Waals surface area contributed by atoms with Gasteiger partial charge in [-0.2, -0.15) is 0 Å². The summed E-state index contributed by atoms with van der Waals surface area (Å²) in [6.07, 6.45) is 4.23. The van der Waals surface area contributed by atoms with Crippen molar-refractivity contribution in [2.24, 2.45) is 14.1 Å². The number of hydrogen-bond donors (Lipinski definition) is 0. The third-order valence-corrected chi connectivity index (χ3v) is 4.03. The van der Waals surface area contributed by atoms with Crippen molar-refractivity contribution in [2.75, 3.05) is 7.11 Å². The lowest BCUT2D eigenvalue weighted by Crippen LogP contribution is -2.61. The number of nitrogens with zero attached hydrogens (tertiary/aromatic N) is 2. The number of ether oxygens (including phenoxy) is 1. The normalized spacial score (nSPS) is 13.5. The fraction of sp³-hybridized carbons (Fsp3) is 0.600.